The Hall–Kier alpha value is -1.69. The quantitative estimate of drug-likeness (QED) is 0.854. The molecule has 0 radical (unpaired) electrons. The molecule has 3 rings (SSSR count). The van der Waals surface area contributed by atoms with Crippen LogP contribution in [0.25, 0.3) is 0 Å². The molecule has 1 aliphatic heterocycles. The zero-order valence-corrected chi connectivity index (χ0v) is 12.7. The molecule has 0 spiro atoms. The van der Waals surface area contributed by atoms with E-state index in [4.69, 9.17) is 11.6 Å². The van der Waals surface area contributed by atoms with Crippen LogP contribution in [0.5, 0.6) is 0 Å². The maximum Gasteiger partial charge on any atom is 0.261 e. The summed E-state index contributed by atoms with van der Waals surface area (Å²) in [6, 6.07) is 8.30. The van der Waals surface area contributed by atoms with Gasteiger partial charge < -0.3 is 10.4 Å². The number of Topliss-reactive ketones (excluding diaryl/α,β-unsaturated/α-hetero) is 1. The van der Waals surface area contributed by atoms with Crippen LogP contribution in [-0.2, 0) is 10.4 Å². The summed E-state index contributed by atoms with van der Waals surface area (Å²) in [6.07, 6.45) is -0.299. The van der Waals surface area contributed by atoms with E-state index in [-0.39, 0.29) is 12.2 Å². The van der Waals surface area contributed by atoms with E-state index < -0.39 is 11.5 Å². The molecule has 0 saturated heterocycles. The Labute approximate surface area is 130 Å². The largest absolute Gasteiger partial charge is 0.375 e. The molecule has 108 valence electrons. The van der Waals surface area contributed by atoms with Crippen LogP contribution in [0.2, 0.25) is 5.02 Å². The molecule has 1 aliphatic rings. The number of anilines is 1. The number of carbonyl (C=O) groups is 2. The van der Waals surface area contributed by atoms with Gasteiger partial charge in [0.05, 0.1) is 11.3 Å². The van der Waals surface area contributed by atoms with Crippen LogP contribution in [0, 0.1) is 6.92 Å². The van der Waals surface area contributed by atoms with Crippen molar-refractivity contribution in [3.05, 3.63) is 50.7 Å². The Morgan fingerprint density at radius 1 is 1.38 bits per heavy atom. The van der Waals surface area contributed by atoms with E-state index in [1.807, 2.05) is 13.0 Å². The predicted molar refractivity (Wildman–Crippen MR) is 82.0 cm³/mol. The first-order valence-electron chi connectivity index (χ1n) is 6.33. The lowest BCUT2D eigenvalue weighted by Gasteiger charge is -2.19. The molecule has 0 bridgehead atoms. The highest BCUT2D eigenvalue weighted by Crippen LogP contribution is 2.40. The summed E-state index contributed by atoms with van der Waals surface area (Å²) in [4.78, 5) is 25.9. The number of fused-ring (bicyclic) bond motifs is 1. The minimum atomic E-state index is -1.87. The SMILES string of the molecule is Cc1ccc(C(=O)C[C@@]2(O)C(=O)Nc3ccc(Cl)cc32)s1. The summed E-state index contributed by atoms with van der Waals surface area (Å²) >= 11 is 7.27. The van der Waals surface area contributed by atoms with E-state index in [2.05, 4.69) is 5.32 Å². The minimum absolute atomic E-state index is 0.265. The van der Waals surface area contributed by atoms with Crippen molar-refractivity contribution in [2.24, 2.45) is 0 Å². The topological polar surface area (TPSA) is 66.4 Å². The number of rotatable bonds is 3. The summed E-state index contributed by atoms with van der Waals surface area (Å²) in [7, 11) is 0. The first kappa shape index (κ1) is 14.3. The molecule has 6 heteroatoms. The molecule has 1 aromatic heterocycles. The first-order valence-corrected chi connectivity index (χ1v) is 7.53. The maximum absolute atomic E-state index is 12.3. The smallest absolute Gasteiger partial charge is 0.261 e. The van der Waals surface area contributed by atoms with Gasteiger partial charge in [0.2, 0.25) is 0 Å². The van der Waals surface area contributed by atoms with Crippen molar-refractivity contribution in [1.29, 1.82) is 0 Å². The van der Waals surface area contributed by atoms with Crippen LogP contribution in [0.4, 0.5) is 5.69 Å². The summed E-state index contributed by atoms with van der Waals surface area (Å²) in [6.45, 7) is 1.90. The van der Waals surface area contributed by atoms with Gasteiger partial charge in [-0.1, -0.05) is 11.6 Å². The highest BCUT2D eigenvalue weighted by Gasteiger charge is 2.47. The third-order valence-electron chi connectivity index (χ3n) is 3.48. The molecule has 2 N–H and O–H groups in total. The molecule has 2 heterocycles. The van der Waals surface area contributed by atoms with Gasteiger partial charge in [-0.15, -0.1) is 11.3 Å². The van der Waals surface area contributed by atoms with Gasteiger partial charge in [0.1, 0.15) is 0 Å². The van der Waals surface area contributed by atoms with E-state index in [1.54, 1.807) is 18.2 Å². The van der Waals surface area contributed by atoms with E-state index >= 15 is 0 Å². The second-order valence-electron chi connectivity index (χ2n) is 5.01. The first-order chi connectivity index (χ1) is 9.90. The summed E-state index contributed by atoms with van der Waals surface area (Å²) in [5.41, 5.74) is -1.03. The van der Waals surface area contributed by atoms with Gasteiger partial charge in [0, 0.05) is 21.2 Å². The third-order valence-corrected chi connectivity index (χ3v) is 4.76. The van der Waals surface area contributed by atoms with Crippen LogP contribution >= 0.6 is 22.9 Å². The number of halogens is 1. The van der Waals surface area contributed by atoms with Crippen molar-refractivity contribution in [1.82, 2.24) is 0 Å². The van der Waals surface area contributed by atoms with Gasteiger partial charge in [-0.25, -0.2) is 0 Å². The lowest BCUT2D eigenvalue weighted by atomic mass is 9.89. The van der Waals surface area contributed by atoms with Gasteiger partial charge >= 0.3 is 0 Å². The number of ketones is 1. The fourth-order valence-corrected chi connectivity index (χ4v) is 3.37. The number of thiophene rings is 1. The van der Waals surface area contributed by atoms with Crippen LogP contribution in [0.3, 0.4) is 0 Å². The zero-order valence-electron chi connectivity index (χ0n) is 11.1. The molecule has 0 saturated carbocycles. The number of aryl methyl sites for hydroxylation is 1. The Bertz CT molecular complexity index is 755. The third kappa shape index (κ3) is 2.37. The number of carbonyl (C=O) groups excluding carboxylic acids is 2. The van der Waals surface area contributed by atoms with E-state index in [1.165, 1.54) is 17.4 Å². The molecule has 1 atom stereocenters. The number of hydrogen-bond donors (Lipinski definition) is 2. The number of aliphatic hydroxyl groups is 1. The molecule has 1 aromatic carbocycles. The average molecular weight is 322 g/mol. The molecule has 0 fully saturated rings. The van der Waals surface area contributed by atoms with Crippen LogP contribution in [0.15, 0.2) is 30.3 Å². The Morgan fingerprint density at radius 3 is 2.81 bits per heavy atom. The number of hydrogen-bond acceptors (Lipinski definition) is 4. The van der Waals surface area contributed by atoms with Crippen molar-refractivity contribution >= 4 is 40.3 Å². The Morgan fingerprint density at radius 2 is 2.14 bits per heavy atom. The predicted octanol–water partition coefficient (Wildman–Crippen LogP) is 3.12. The summed E-state index contributed by atoms with van der Waals surface area (Å²) in [5, 5.41) is 13.7. The second-order valence-corrected chi connectivity index (χ2v) is 6.74. The molecule has 0 aliphatic carbocycles. The highest BCUT2D eigenvalue weighted by atomic mass is 35.5. The van der Waals surface area contributed by atoms with Gasteiger partial charge in [-0.05, 0) is 37.3 Å². The second kappa shape index (κ2) is 4.94. The number of amides is 1. The lowest BCUT2D eigenvalue weighted by Crippen LogP contribution is -2.36. The van der Waals surface area contributed by atoms with E-state index in [9.17, 15) is 14.7 Å². The Kier molecular flexibility index (Phi) is 3.36. The standard InChI is InChI=1S/C15H12ClNO3S/c1-8-2-5-13(21-8)12(18)7-15(20)10-6-9(16)3-4-11(10)17-14(15)19/h2-6,20H,7H2,1H3,(H,17,19)/t15-/m0/s1. The minimum Gasteiger partial charge on any atom is -0.375 e. The summed E-state index contributed by atoms with van der Waals surface area (Å²) < 4.78 is 0. The molecule has 2 aromatic rings. The van der Waals surface area contributed by atoms with E-state index in [0.29, 0.717) is 21.2 Å². The maximum atomic E-state index is 12.3. The molecule has 4 nitrogen and oxygen atoms in total. The normalized spacial score (nSPS) is 20.2. The van der Waals surface area contributed by atoms with Crippen molar-refractivity contribution in [2.45, 2.75) is 18.9 Å². The van der Waals surface area contributed by atoms with Crippen LogP contribution in [-0.4, -0.2) is 16.8 Å². The van der Waals surface area contributed by atoms with Crippen molar-refractivity contribution in [3.8, 4) is 0 Å². The highest BCUT2D eigenvalue weighted by molar-refractivity contribution is 7.14. The van der Waals surface area contributed by atoms with Crippen molar-refractivity contribution in [3.63, 3.8) is 0 Å². The molecule has 21 heavy (non-hydrogen) atoms. The fraction of sp³-hybridized carbons (Fsp3) is 0.200. The number of nitrogens with one attached hydrogen (secondary N) is 1. The van der Waals surface area contributed by atoms with Gasteiger partial charge in [-0.3, -0.25) is 9.59 Å². The molecule has 1 amide bonds. The zero-order chi connectivity index (χ0) is 15.2. The van der Waals surface area contributed by atoms with Crippen LogP contribution < -0.4 is 5.32 Å². The molecule has 0 unspecified atom stereocenters. The molecular formula is C15H12ClNO3S. The monoisotopic (exact) mass is 321 g/mol. The van der Waals surface area contributed by atoms with Crippen LogP contribution in [0.1, 0.15) is 26.5 Å². The van der Waals surface area contributed by atoms with E-state index in [0.717, 1.165) is 4.88 Å². The molecular weight excluding hydrogens is 310 g/mol. The van der Waals surface area contributed by atoms with Crippen molar-refractivity contribution < 1.29 is 14.7 Å². The Balaban J connectivity index is 1.96. The number of benzene rings is 1. The fourth-order valence-electron chi connectivity index (χ4n) is 2.40. The van der Waals surface area contributed by atoms with Gasteiger partial charge in [-0.2, -0.15) is 0 Å². The van der Waals surface area contributed by atoms with Crippen molar-refractivity contribution in [2.75, 3.05) is 5.32 Å². The van der Waals surface area contributed by atoms with Gasteiger partial charge in [0.25, 0.3) is 5.91 Å². The lowest BCUT2D eigenvalue weighted by molar-refractivity contribution is -0.133. The summed E-state index contributed by atoms with van der Waals surface area (Å²) in [5.74, 6) is -0.861. The average Bonchev–Trinajstić information content (AvgIpc) is 2.95. The van der Waals surface area contributed by atoms with Gasteiger partial charge in [0.15, 0.2) is 11.4 Å².